The van der Waals surface area contributed by atoms with Crippen LogP contribution in [0.1, 0.15) is 48.7 Å². The van der Waals surface area contributed by atoms with E-state index in [1.807, 2.05) is 0 Å². The summed E-state index contributed by atoms with van der Waals surface area (Å²) in [6.45, 7) is 4.67. The maximum atomic E-state index is 14.3. The molecule has 2 unspecified atom stereocenters. The molecule has 0 saturated carbocycles. The van der Waals surface area contributed by atoms with Crippen LogP contribution >= 0.6 is 0 Å². The number of halogens is 3. The molecular weight excluding hydrogens is 453 g/mol. The van der Waals surface area contributed by atoms with Crippen molar-refractivity contribution in [2.75, 3.05) is 11.5 Å². The monoisotopic (exact) mass is 478 g/mol. The van der Waals surface area contributed by atoms with Gasteiger partial charge in [0, 0.05) is 12.0 Å². The number of benzene rings is 2. The number of fused-ring (bicyclic) bond motifs is 2. The molecule has 0 aliphatic carbocycles. The van der Waals surface area contributed by atoms with Crippen LogP contribution in [-0.4, -0.2) is 35.4 Å². The summed E-state index contributed by atoms with van der Waals surface area (Å²) in [6, 6.07) is 10.9. The third-order valence-electron chi connectivity index (χ3n) is 6.13. The Balaban J connectivity index is 1.98. The minimum absolute atomic E-state index is 0.0224. The summed E-state index contributed by atoms with van der Waals surface area (Å²) >= 11 is 0. The quantitative estimate of drug-likeness (QED) is 0.679. The Hall–Kier alpha value is -3.11. The van der Waals surface area contributed by atoms with Crippen molar-refractivity contribution in [2.45, 2.75) is 51.1 Å². The normalized spacial score (nSPS) is 21.2. The number of anilines is 1. The van der Waals surface area contributed by atoms with Crippen LogP contribution < -0.4 is 15.1 Å². The Kier molecular flexibility index (Phi) is 5.85. The van der Waals surface area contributed by atoms with Gasteiger partial charge in [0.1, 0.15) is 5.75 Å². The van der Waals surface area contributed by atoms with E-state index < -0.39 is 41.7 Å². The molecule has 2 heterocycles. The predicted octanol–water partition coefficient (Wildman–Crippen LogP) is 3.84. The molecule has 0 aromatic heterocycles. The molecule has 2 aliphatic heterocycles. The first-order chi connectivity index (χ1) is 15.9. The number of aliphatic hydroxyl groups is 1. The zero-order valence-electron chi connectivity index (χ0n) is 18.9. The van der Waals surface area contributed by atoms with Crippen molar-refractivity contribution in [1.29, 1.82) is 0 Å². The Bertz CT molecular complexity index is 1140. The molecule has 0 saturated heterocycles. The molecule has 0 radical (unpaired) electrons. The largest absolute Gasteiger partial charge is 0.491 e. The van der Waals surface area contributed by atoms with Gasteiger partial charge >= 0.3 is 12.1 Å². The third-order valence-corrected chi connectivity index (χ3v) is 6.13. The summed E-state index contributed by atoms with van der Waals surface area (Å²) in [5.74, 6) is -2.78. The summed E-state index contributed by atoms with van der Waals surface area (Å²) in [7, 11) is 0. The lowest BCUT2D eigenvalue weighted by atomic mass is 9.86. The highest BCUT2D eigenvalue weighted by atomic mass is 19.4. The number of nitrogens with zero attached hydrogens (tertiary/aromatic N) is 1. The van der Waals surface area contributed by atoms with Crippen molar-refractivity contribution < 1.29 is 37.4 Å². The number of amides is 1. The number of para-hydroxylation sites is 1. The molecule has 2 atom stereocenters. The lowest BCUT2D eigenvalue weighted by molar-refractivity contribution is -0.255. The zero-order valence-corrected chi connectivity index (χ0v) is 18.9. The maximum absolute atomic E-state index is 14.3. The molecular formula is C24H25F3N2O5. The minimum atomic E-state index is -5.27. The number of nitrogens with one attached hydrogen (secondary N) is 1. The van der Waals surface area contributed by atoms with Crippen molar-refractivity contribution in [3.63, 3.8) is 0 Å². The third kappa shape index (κ3) is 3.70. The molecule has 2 aliphatic rings. The summed E-state index contributed by atoms with van der Waals surface area (Å²) in [5.41, 5.74) is -2.01. The first-order valence-corrected chi connectivity index (χ1v) is 10.9. The van der Waals surface area contributed by atoms with Gasteiger partial charge in [-0.05, 0) is 37.0 Å². The van der Waals surface area contributed by atoms with Crippen molar-refractivity contribution in [3.8, 4) is 5.75 Å². The first-order valence-electron chi connectivity index (χ1n) is 10.9. The van der Waals surface area contributed by atoms with Crippen molar-refractivity contribution in [1.82, 2.24) is 5.48 Å². The van der Waals surface area contributed by atoms with E-state index in [0.29, 0.717) is 18.6 Å². The highest BCUT2D eigenvalue weighted by Crippen LogP contribution is 2.47. The van der Waals surface area contributed by atoms with E-state index in [9.17, 15) is 27.9 Å². The molecule has 4 rings (SSSR count). The van der Waals surface area contributed by atoms with E-state index in [-0.39, 0.29) is 22.6 Å². The predicted molar refractivity (Wildman–Crippen MR) is 116 cm³/mol. The van der Waals surface area contributed by atoms with Crippen molar-refractivity contribution in [2.24, 2.45) is 5.92 Å². The number of alkyl halides is 3. The van der Waals surface area contributed by atoms with Gasteiger partial charge < -0.3 is 14.7 Å². The van der Waals surface area contributed by atoms with Crippen molar-refractivity contribution >= 4 is 17.6 Å². The van der Waals surface area contributed by atoms with Crippen LogP contribution in [-0.2, 0) is 21.7 Å². The molecule has 34 heavy (non-hydrogen) atoms. The Morgan fingerprint density at radius 2 is 1.91 bits per heavy atom. The Labute approximate surface area is 194 Å². The molecule has 2 N–H and O–H groups in total. The second kappa shape index (κ2) is 8.28. The van der Waals surface area contributed by atoms with E-state index in [1.165, 1.54) is 39.0 Å². The highest BCUT2D eigenvalue weighted by molar-refractivity contribution is 6.03. The van der Waals surface area contributed by atoms with Crippen LogP contribution in [0.2, 0.25) is 0 Å². The molecule has 10 heteroatoms. The lowest BCUT2D eigenvalue weighted by Gasteiger charge is -2.47. The average Bonchev–Trinajstić information content (AvgIpc) is 3.25. The number of carbonyl (C=O) groups excluding carboxylic acids is 2. The molecule has 0 spiro atoms. The Morgan fingerprint density at radius 3 is 2.59 bits per heavy atom. The van der Waals surface area contributed by atoms with Crippen LogP contribution in [0, 0.1) is 5.92 Å². The van der Waals surface area contributed by atoms with Gasteiger partial charge in [0.15, 0.2) is 5.66 Å². The molecule has 0 bridgehead atoms. The number of ether oxygens (including phenoxy) is 1. The second-order valence-electron chi connectivity index (χ2n) is 9.07. The van der Waals surface area contributed by atoms with Crippen LogP contribution in [0.4, 0.5) is 18.9 Å². The van der Waals surface area contributed by atoms with Crippen molar-refractivity contribution in [3.05, 3.63) is 59.2 Å². The van der Waals surface area contributed by atoms with Crippen LogP contribution in [0.3, 0.4) is 0 Å². The Morgan fingerprint density at radius 1 is 1.21 bits per heavy atom. The van der Waals surface area contributed by atoms with Gasteiger partial charge in [-0.3, -0.25) is 9.69 Å². The lowest BCUT2D eigenvalue weighted by Crippen LogP contribution is -2.67. The van der Waals surface area contributed by atoms with Gasteiger partial charge in [-0.15, -0.1) is 5.48 Å². The second-order valence-corrected chi connectivity index (χ2v) is 9.07. The fourth-order valence-corrected chi connectivity index (χ4v) is 4.53. The van der Waals surface area contributed by atoms with E-state index in [0.717, 1.165) is 4.90 Å². The van der Waals surface area contributed by atoms with Crippen LogP contribution in [0.15, 0.2) is 42.5 Å². The first kappa shape index (κ1) is 24.0. The minimum Gasteiger partial charge on any atom is -0.491 e. The average molecular weight is 478 g/mol. The van der Waals surface area contributed by atoms with Crippen LogP contribution in [0.5, 0.6) is 5.75 Å². The number of carbonyl (C=O) groups is 2. The number of hydrogen-bond donors (Lipinski definition) is 2. The number of hydrogen-bond acceptors (Lipinski definition) is 6. The smallest absolute Gasteiger partial charge is 0.426 e. The van der Waals surface area contributed by atoms with E-state index in [4.69, 9.17) is 9.57 Å². The van der Waals surface area contributed by atoms with Crippen LogP contribution in [0.25, 0.3) is 0 Å². The van der Waals surface area contributed by atoms with E-state index >= 15 is 0 Å². The van der Waals surface area contributed by atoms with E-state index in [1.54, 1.807) is 24.3 Å². The standard InChI is InChI=1S/C24H25F3N2O5/c1-14(2)13-23(32,24(25,26)27)21(31)29(18-10-6-7-15-11-12-33-19(15)18)22(3)17-9-5-4-8-16(17)20(30)34-28-22/h4-10,14,28,32H,11-13H2,1-3H3. The summed E-state index contributed by atoms with van der Waals surface area (Å²) in [6.07, 6.45) is -5.62. The zero-order chi connectivity index (χ0) is 24.9. The summed E-state index contributed by atoms with van der Waals surface area (Å²) in [5, 5.41) is 10.9. The van der Waals surface area contributed by atoms with Gasteiger partial charge in [0.25, 0.3) is 5.91 Å². The molecule has 2 aromatic carbocycles. The van der Waals surface area contributed by atoms with Gasteiger partial charge in [0.2, 0.25) is 5.60 Å². The number of hydroxylamine groups is 1. The highest BCUT2D eigenvalue weighted by Gasteiger charge is 2.63. The van der Waals surface area contributed by atoms with Gasteiger partial charge in [-0.2, -0.15) is 13.2 Å². The van der Waals surface area contributed by atoms with E-state index in [2.05, 4.69) is 5.48 Å². The van der Waals surface area contributed by atoms with Gasteiger partial charge in [-0.1, -0.05) is 44.2 Å². The fraction of sp³-hybridized carbons (Fsp3) is 0.417. The SMILES string of the molecule is CC(C)CC(O)(C(=O)N(c1cccc2c1OCC2)C1(C)NOC(=O)c2ccccc21)C(F)(F)F. The fourth-order valence-electron chi connectivity index (χ4n) is 4.53. The molecule has 1 amide bonds. The molecule has 182 valence electrons. The van der Waals surface area contributed by atoms with Gasteiger partial charge in [0.05, 0.1) is 17.9 Å². The summed E-state index contributed by atoms with van der Waals surface area (Å²) < 4.78 is 48.5. The topological polar surface area (TPSA) is 88.1 Å². The molecule has 7 nitrogen and oxygen atoms in total. The van der Waals surface area contributed by atoms with Gasteiger partial charge in [-0.25, -0.2) is 4.79 Å². The maximum Gasteiger partial charge on any atom is 0.426 e. The summed E-state index contributed by atoms with van der Waals surface area (Å²) in [4.78, 5) is 32.1. The molecule has 0 fully saturated rings. The molecule has 2 aromatic rings. The number of rotatable bonds is 5.